The zero-order valence-corrected chi connectivity index (χ0v) is 15.3. The summed E-state index contributed by atoms with van der Waals surface area (Å²) in [5.74, 6) is -1.05. The molecule has 1 atom stereocenters. The van der Waals surface area contributed by atoms with E-state index in [2.05, 4.69) is 5.32 Å². The van der Waals surface area contributed by atoms with Crippen molar-refractivity contribution in [2.45, 2.75) is 70.6 Å². The third kappa shape index (κ3) is 3.78. The van der Waals surface area contributed by atoms with Gasteiger partial charge in [0.05, 0.1) is 6.04 Å². The fourth-order valence-electron chi connectivity index (χ4n) is 4.09. The second-order valence-corrected chi connectivity index (χ2v) is 8.04. The largest absolute Gasteiger partial charge is 0.341 e. The first kappa shape index (κ1) is 18.5. The molecule has 132 valence electrons. The van der Waals surface area contributed by atoms with E-state index in [4.69, 9.17) is 5.73 Å². The molecule has 1 unspecified atom stereocenters. The summed E-state index contributed by atoms with van der Waals surface area (Å²) in [7, 11) is 0. The predicted molar refractivity (Wildman–Crippen MR) is 95.2 cm³/mol. The summed E-state index contributed by atoms with van der Waals surface area (Å²) in [5, 5.41) is 2.82. The Bertz CT molecular complexity index is 592. The number of hydrogen-bond acceptors (Lipinski definition) is 3. The van der Waals surface area contributed by atoms with Gasteiger partial charge < -0.3 is 16.0 Å². The second kappa shape index (κ2) is 6.55. The van der Waals surface area contributed by atoms with Crippen LogP contribution in [0, 0.1) is 0 Å². The molecule has 2 amide bonds. The quantitative estimate of drug-likeness (QED) is 0.817. The third-order valence-electron chi connectivity index (χ3n) is 4.78. The van der Waals surface area contributed by atoms with Gasteiger partial charge in [-0.15, -0.1) is 0 Å². The first-order chi connectivity index (χ1) is 11.0. The molecular weight excluding hydrogens is 302 g/mol. The molecule has 1 aromatic carbocycles. The Balaban J connectivity index is 2.16. The van der Waals surface area contributed by atoms with Crippen LogP contribution in [0.4, 0.5) is 0 Å². The molecule has 3 N–H and O–H groups in total. The van der Waals surface area contributed by atoms with Crippen LogP contribution in [0.1, 0.15) is 59.1 Å². The molecule has 1 saturated heterocycles. The van der Waals surface area contributed by atoms with Crippen molar-refractivity contribution >= 4 is 11.8 Å². The Kier molecular flexibility index (Phi) is 5.04. The minimum Gasteiger partial charge on any atom is -0.341 e. The summed E-state index contributed by atoms with van der Waals surface area (Å²) >= 11 is 0. The number of rotatable bonds is 2. The first-order valence-corrected chi connectivity index (χ1v) is 8.50. The maximum atomic E-state index is 12.9. The summed E-state index contributed by atoms with van der Waals surface area (Å²) in [6, 6.07) is 9.43. The van der Waals surface area contributed by atoms with Gasteiger partial charge in [0.1, 0.15) is 0 Å². The molecule has 0 saturated carbocycles. The van der Waals surface area contributed by atoms with Gasteiger partial charge in [-0.1, -0.05) is 30.3 Å². The predicted octanol–water partition coefficient (Wildman–Crippen LogP) is 2.37. The van der Waals surface area contributed by atoms with E-state index in [0.29, 0.717) is 12.8 Å². The molecule has 0 radical (unpaired) electrons. The van der Waals surface area contributed by atoms with Crippen LogP contribution < -0.4 is 11.1 Å². The maximum Gasteiger partial charge on any atom is 0.312 e. The summed E-state index contributed by atoms with van der Waals surface area (Å²) in [6.07, 6.45) is 1.37. The zero-order valence-electron chi connectivity index (χ0n) is 15.3. The Labute approximate surface area is 144 Å². The average molecular weight is 331 g/mol. The summed E-state index contributed by atoms with van der Waals surface area (Å²) in [6.45, 7) is 9.77. The van der Waals surface area contributed by atoms with Crippen molar-refractivity contribution < 1.29 is 9.59 Å². The topological polar surface area (TPSA) is 75.4 Å². The standard InChI is InChI=1S/C19H29N3O2/c1-13(14-9-7-6-8-10-14)21-16(23)17(24)22-18(2,3)11-15(20)12-19(22,4)5/h6-10,13,15H,11-12,20H2,1-5H3,(H,21,23). The van der Waals surface area contributed by atoms with Crippen LogP contribution in [0.3, 0.4) is 0 Å². The molecule has 0 aliphatic carbocycles. The highest BCUT2D eigenvalue weighted by atomic mass is 16.2. The number of benzene rings is 1. The molecular formula is C19H29N3O2. The molecule has 1 aliphatic rings. The molecule has 1 aliphatic heterocycles. The van der Waals surface area contributed by atoms with Crippen LogP contribution in [-0.2, 0) is 9.59 Å². The van der Waals surface area contributed by atoms with Gasteiger partial charge in [0.25, 0.3) is 0 Å². The molecule has 24 heavy (non-hydrogen) atoms. The van der Waals surface area contributed by atoms with Gasteiger partial charge >= 0.3 is 11.8 Å². The fourth-order valence-corrected chi connectivity index (χ4v) is 4.09. The normalized spacial score (nSPS) is 21.2. The van der Waals surface area contributed by atoms with E-state index in [1.807, 2.05) is 65.0 Å². The van der Waals surface area contributed by atoms with Crippen LogP contribution >= 0.6 is 0 Å². The van der Waals surface area contributed by atoms with Crippen molar-refractivity contribution in [2.24, 2.45) is 5.73 Å². The molecule has 1 fully saturated rings. The summed E-state index contributed by atoms with van der Waals surface area (Å²) in [5.41, 5.74) is 6.21. The Morgan fingerprint density at radius 3 is 2.12 bits per heavy atom. The fraction of sp³-hybridized carbons (Fsp3) is 0.579. The summed E-state index contributed by atoms with van der Waals surface area (Å²) in [4.78, 5) is 27.1. The van der Waals surface area contributed by atoms with Gasteiger partial charge in [0, 0.05) is 17.1 Å². The van der Waals surface area contributed by atoms with E-state index in [1.54, 1.807) is 4.90 Å². The van der Waals surface area contributed by atoms with Crippen LogP contribution in [-0.4, -0.2) is 33.8 Å². The number of hydrogen-bond donors (Lipinski definition) is 2. The van der Waals surface area contributed by atoms with Crippen LogP contribution in [0.2, 0.25) is 0 Å². The minimum absolute atomic E-state index is 0.0327. The lowest BCUT2D eigenvalue weighted by Gasteiger charge is -2.54. The Morgan fingerprint density at radius 1 is 1.12 bits per heavy atom. The SMILES string of the molecule is CC(NC(=O)C(=O)N1C(C)(C)CC(N)CC1(C)C)c1ccccc1. The van der Waals surface area contributed by atoms with E-state index < -0.39 is 22.9 Å². The molecule has 0 bridgehead atoms. The molecule has 1 heterocycles. The Hall–Kier alpha value is -1.88. The third-order valence-corrected chi connectivity index (χ3v) is 4.78. The van der Waals surface area contributed by atoms with Crippen molar-refractivity contribution in [2.75, 3.05) is 0 Å². The Morgan fingerprint density at radius 2 is 1.62 bits per heavy atom. The van der Waals surface area contributed by atoms with Crippen molar-refractivity contribution in [1.29, 1.82) is 0 Å². The highest BCUT2D eigenvalue weighted by Crippen LogP contribution is 2.37. The van der Waals surface area contributed by atoms with E-state index in [1.165, 1.54) is 0 Å². The lowest BCUT2D eigenvalue weighted by molar-refractivity contribution is -0.159. The monoisotopic (exact) mass is 331 g/mol. The molecule has 5 nitrogen and oxygen atoms in total. The second-order valence-electron chi connectivity index (χ2n) is 8.04. The number of likely N-dealkylation sites (tertiary alicyclic amines) is 1. The van der Waals surface area contributed by atoms with Gasteiger partial charge in [-0.2, -0.15) is 0 Å². The smallest absolute Gasteiger partial charge is 0.312 e. The summed E-state index contributed by atoms with van der Waals surface area (Å²) < 4.78 is 0. The van der Waals surface area contributed by atoms with Gasteiger partial charge in [0.15, 0.2) is 0 Å². The van der Waals surface area contributed by atoms with Crippen molar-refractivity contribution in [3.63, 3.8) is 0 Å². The van der Waals surface area contributed by atoms with Crippen LogP contribution in [0.15, 0.2) is 30.3 Å². The van der Waals surface area contributed by atoms with Crippen LogP contribution in [0.25, 0.3) is 0 Å². The number of nitrogens with one attached hydrogen (secondary N) is 1. The number of piperidine rings is 1. The number of carbonyl (C=O) groups excluding carboxylic acids is 2. The minimum atomic E-state index is -0.567. The van der Waals surface area contributed by atoms with Crippen molar-refractivity contribution in [1.82, 2.24) is 10.2 Å². The van der Waals surface area contributed by atoms with E-state index in [0.717, 1.165) is 5.56 Å². The first-order valence-electron chi connectivity index (χ1n) is 8.50. The molecule has 2 rings (SSSR count). The van der Waals surface area contributed by atoms with E-state index in [9.17, 15) is 9.59 Å². The molecule has 5 heteroatoms. The number of nitrogens with two attached hydrogens (primary N) is 1. The average Bonchev–Trinajstić information content (AvgIpc) is 2.44. The van der Waals surface area contributed by atoms with Gasteiger partial charge in [-0.05, 0) is 53.0 Å². The van der Waals surface area contributed by atoms with E-state index in [-0.39, 0.29) is 12.1 Å². The van der Waals surface area contributed by atoms with Crippen LogP contribution in [0.5, 0.6) is 0 Å². The van der Waals surface area contributed by atoms with E-state index >= 15 is 0 Å². The van der Waals surface area contributed by atoms with Gasteiger partial charge in [0.2, 0.25) is 0 Å². The van der Waals surface area contributed by atoms with Crippen molar-refractivity contribution in [3.8, 4) is 0 Å². The molecule has 0 spiro atoms. The highest BCUT2D eigenvalue weighted by Gasteiger charge is 2.48. The highest BCUT2D eigenvalue weighted by molar-refractivity contribution is 6.35. The maximum absolute atomic E-state index is 12.9. The molecule has 1 aromatic rings. The lowest BCUT2D eigenvalue weighted by Crippen LogP contribution is -2.67. The number of amides is 2. The number of carbonyl (C=O) groups is 2. The number of nitrogens with zero attached hydrogens (tertiary/aromatic N) is 1. The zero-order chi connectivity index (χ0) is 18.1. The van der Waals surface area contributed by atoms with Gasteiger partial charge in [-0.3, -0.25) is 9.59 Å². The lowest BCUT2D eigenvalue weighted by atomic mass is 9.77. The van der Waals surface area contributed by atoms with Crippen molar-refractivity contribution in [3.05, 3.63) is 35.9 Å². The molecule has 0 aromatic heterocycles. The van der Waals surface area contributed by atoms with Gasteiger partial charge in [-0.25, -0.2) is 0 Å².